The third kappa shape index (κ3) is 22.2. The van der Waals surface area contributed by atoms with Crippen LogP contribution >= 0.6 is 0 Å². The molecule has 0 saturated carbocycles. The van der Waals surface area contributed by atoms with Crippen LogP contribution < -0.4 is 5.32 Å². The van der Waals surface area contributed by atoms with E-state index in [1.807, 2.05) is 6.08 Å². The lowest BCUT2D eigenvalue weighted by Crippen LogP contribution is -2.65. The molecule has 0 radical (unpaired) electrons. The van der Waals surface area contributed by atoms with Crippen LogP contribution in [0, 0.1) is 0 Å². The molecule has 2 rings (SSSR count). The Hall–Kier alpha value is -2.31. The van der Waals surface area contributed by atoms with E-state index in [2.05, 4.69) is 67.8 Å². The number of aliphatic hydroxyl groups is 8. The lowest BCUT2D eigenvalue weighted by Gasteiger charge is -2.46. The highest BCUT2D eigenvalue weighted by molar-refractivity contribution is 5.76. The molecule has 12 atom stereocenters. The minimum atomic E-state index is -1.79. The number of hydrogen-bond donors (Lipinski definition) is 9. The van der Waals surface area contributed by atoms with Gasteiger partial charge in [-0.2, -0.15) is 0 Å². The first kappa shape index (κ1) is 54.8. The molecule has 0 aromatic carbocycles. The molecule has 0 aromatic heterocycles. The molecular formula is C47H81NO13. The third-order valence-corrected chi connectivity index (χ3v) is 10.9. The van der Waals surface area contributed by atoms with Crippen molar-refractivity contribution in [1.82, 2.24) is 5.32 Å². The van der Waals surface area contributed by atoms with Gasteiger partial charge in [0.15, 0.2) is 12.6 Å². The van der Waals surface area contributed by atoms with E-state index in [0.29, 0.717) is 12.8 Å². The fourth-order valence-corrected chi connectivity index (χ4v) is 7.14. The molecule has 2 aliphatic heterocycles. The monoisotopic (exact) mass is 868 g/mol. The molecule has 61 heavy (non-hydrogen) atoms. The highest BCUT2D eigenvalue weighted by Gasteiger charge is 2.50. The minimum absolute atomic E-state index is 0.235. The number of aliphatic hydroxyl groups excluding tert-OH is 8. The van der Waals surface area contributed by atoms with Crippen molar-refractivity contribution in [3.63, 3.8) is 0 Å². The summed E-state index contributed by atoms with van der Waals surface area (Å²) in [4.78, 5) is 13.1. The second-order valence-corrected chi connectivity index (χ2v) is 16.1. The van der Waals surface area contributed by atoms with E-state index in [0.717, 1.165) is 51.4 Å². The molecule has 12 unspecified atom stereocenters. The van der Waals surface area contributed by atoms with Gasteiger partial charge in [-0.05, 0) is 64.2 Å². The number of ether oxygens (including phenoxy) is 4. The predicted octanol–water partition coefficient (Wildman–Crippen LogP) is 4.71. The van der Waals surface area contributed by atoms with Gasteiger partial charge in [0.05, 0.1) is 32.0 Å². The summed E-state index contributed by atoms with van der Waals surface area (Å²) in [5.41, 5.74) is 0. The molecule has 0 spiro atoms. The van der Waals surface area contributed by atoms with Crippen molar-refractivity contribution >= 4 is 5.91 Å². The summed E-state index contributed by atoms with van der Waals surface area (Å²) in [5.74, 6) is -0.283. The van der Waals surface area contributed by atoms with Gasteiger partial charge in [0.25, 0.3) is 0 Å². The molecule has 14 heteroatoms. The highest BCUT2D eigenvalue weighted by atomic mass is 16.7. The van der Waals surface area contributed by atoms with Gasteiger partial charge in [-0.15, -0.1) is 0 Å². The Morgan fingerprint density at radius 2 is 1.15 bits per heavy atom. The van der Waals surface area contributed by atoms with Gasteiger partial charge in [0, 0.05) is 6.42 Å². The zero-order valence-corrected chi connectivity index (χ0v) is 36.9. The molecule has 352 valence electrons. The van der Waals surface area contributed by atoms with Gasteiger partial charge in [-0.3, -0.25) is 4.79 Å². The van der Waals surface area contributed by atoms with Crippen LogP contribution in [-0.2, 0) is 23.7 Å². The molecule has 0 aliphatic carbocycles. The van der Waals surface area contributed by atoms with E-state index in [1.165, 1.54) is 51.4 Å². The van der Waals surface area contributed by atoms with Gasteiger partial charge in [0.2, 0.25) is 5.91 Å². The zero-order chi connectivity index (χ0) is 44.7. The Kier molecular flexibility index (Phi) is 30.7. The molecule has 0 aromatic rings. The molecule has 2 heterocycles. The predicted molar refractivity (Wildman–Crippen MR) is 235 cm³/mol. The lowest BCUT2D eigenvalue weighted by molar-refractivity contribution is -0.359. The van der Waals surface area contributed by atoms with Crippen LogP contribution in [0.5, 0.6) is 0 Å². The Labute approximate surface area is 365 Å². The maximum atomic E-state index is 13.1. The molecule has 9 N–H and O–H groups in total. The molecule has 0 bridgehead atoms. The summed E-state index contributed by atoms with van der Waals surface area (Å²) >= 11 is 0. The first-order chi connectivity index (χ1) is 29.6. The fourth-order valence-electron chi connectivity index (χ4n) is 7.14. The topological polar surface area (TPSA) is 228 Å². The standard InChI is InChI=1S/C47H81NO13/c1-3-5-7-9-11-13-15-17-19-20-22-24-26-28-30-36(51)35(48-39(52)31-29-27-25-23-21-18-16-14-12-10-8-6-4-2)34-58-46-44(57)42(55)45(38(33-50)60-46)61-47-43(56)41(54)40(53)37(32-49)59-47/h6,8,12,14,18,20-22,28,30,35-38,40-47,49-51,53-57H,3-5,7,9-11,13,15-17,19,23-27,29,31-34H2,1-2H3,(H,48,52)/b8-6-,14-12-,21-18-,22-20+,30-28+. The van der Waals surface area contributed by atoms with Crippen LogP contribution in [-0.4, -0.2) is 140 Å². The number of hydrogen-bond acceptors (Lipinski definition) is 13. The number of allylic oxidation sites excluding steroid dienone is 9. The summed E-state index contributed by atoms with van der Waals surface area (Å²) in [6.07, 6.45) is 22.7. The maximum Gasteiger partial charge on any atom is 0.220 e. The first-order valence-corrected chi connectivity index (χ1v) is 23.0. The second kappa shape index (κ2) is 34.1. The molecule has 2 fully saturated rings. The molecule has 14 nitrogen and oxygen atoms in total. The lowest BCUT2D eigenvalue weighted by atomic mass is 9.97. The summed E-state index contributed by atoms with van der Waals surface area (Å²) in [6, 6.07) is -0.946. The van der Waals surface area contributed by atoms with E-state index >= 15 is 0 Å². The summed E-state index contributed by atoms with van der Waals surface area (Å²) in [7, 11) is 0. The first-order valence-electron chi connectivity index (χ1n) is 23.0. The Morgan fingerprint density at radius 1 is 0.607 bits per heavy atom. The van der Waals surface area contributed by atoms with Crippen LogP contribution in [0.4, 0.5) is 0 Å². The van der Waals surface area contributed by atoms with E-state index in [1.54, 1.807) is 6.08 Å². The van der Waals surface area contributed by atoms with Crippen molar-refractivity contribution in [1.29, 1.82) is 0 Å². The van der Waals surface area contributed by atoms with Gasteiger partial charge < -0.3 is 65.1 Å². The highest BCUT2D eigenvalue weighted by Crippen LogP contribution is 2.30. The van der Waals surface area contributed by atoms with E-state index in [-0.39, 0.29) is 18.9 Å². The average molecular weight is 868 g/mol. The molecule has 1 amide bonds. The molecule has 2 saturated heterocycles. The van der Waals surface area contributed by atoms with Crippen LogP contribution in [0.25, 0.3) is 0 Å². The Balaban J connectivity index is 1.94. The third-order valence-electron chi connectivity index (χ3n) is 10.9. The molecule has 2 aliphatic rings. The average Bonchev–Trinajstić information content (AvgIpc) is 3.26. The number of carbonyl (C=O) groups excluding carboxylic acids is 1. The van der Waals surface area contributed by atoms with Gasteiger partial charge >= 0.3 is 0 Å². The Morgan fingerprint density at radius 3 is 1.80 bits per heavy atom. The largest absolute Gasteiger partial charge is 0.394 e. The van der Waals surface area contributed by atoms with E-state index < -0.39 is 86.8 Å². The van der Waals surface area contributed by atoms with Crippen molar-refractivity contribution in [2.45, 2.75) is 209 Å². The van der Waals surface area contributed by atoms with E-state index in [4.69, 9.17) is 18.9 Å². The van der Waals surface area contributed by atoms with Crippen LogP contribution in [0.1, 0.15) is 136 Å². The van der Waals surface area contributed by atoms with Gasteiger partial charge in [-0.1, -0.05) is 126 Å². The molecular weight excluding hydrogens is 787 g/mol. The maximum absolute atomic E-state index is 13.1. The van der Waals surface area contributed by atoms with Crippen molar-refractivity contribution in [2.24, 2.45) is 0 Å². The number of carbonyl (C=O) groups is 1. The van der Waals surface area contributed by atoms with Crippen LogP contribution in [0.2, 0.25) is 0 Å². The number of amides is 1. The summed E-state index contributed by atoms with van der Waals surface area (Å²) in [6.45, 7) is 2.58. The summed E-state index contributed by atoms with van der Waals surface area (Å²) in [5, 5.41) is 86.4. The number of nitrogens with one attached hydrogen (secondary N) is 1. The SMILES string of the molecule is CC/C=C\C/C=C\C/C=C\CCCCCC(=O)NC(COC1OC(CO)C(OC2OC(CO)C(O)C(O)C2O)C(O)C1O)C(O)/C=C/CC/C=C/CCCCCCCCCC. The van der Waals surface area contributed by atoms with Crippen LogP contribution in [0.15, 0.2) is 60.8 Å². The van der Waals surface area contributed by atoms with Gasteiger partial charge in [-0.25, -0.2) is 0 Å². The Bertz CT molecular complexity index is 1260. The van der Waals surface area contributed by atoms with Gasteiger partial charge in [0.1, 0.15) is 48.8 Å². The second-order valence-electron chi connectivity index (χ2n) is 16.1. The van der Waals surface area contributed by atoms with Crippen LogP contribution in [0.3, 0.4) is 0 Å². The zero-order valence-electron chi connectivity index (χ0n) is 36.9. The quantitative estimate of drug-likeness (QED) is 0.0322. The normalized spacial score (nSPS) is 28.6. The van der Waals surface area contributed by atoms with Crippen molar-refractivity contribution in [3.8, 4) is 0 Å². The number of rotatable bonds is 33. The minimum Gasteiger partial charge on any atom is -0.394 e. The van der Waals surface area contributed by atoms with Crippen molar-refractivity contribution in [3.05, 3.63) is 60.8 Å². The smallest absolute Gasteiger partial charge is 0.220 e. The van der Waals surface area contributed by atoms with Crippen molar-refractivity contribution < 1.29 is 64.6 Å². The fraction of sp³-hybridized carbons (Fsp3) is 0.766. The summed E-state index contributed by atoms with van der Waals surface area (Å²) < 4.78 is 22.6. The van der Waals surface area contributed by atoms with E-state index in [9.17, 15) is 45.6 Å². The number of unbranched alkanes of at least 4 members (excludes halogenated alkanes) is 12. The van der Waals surface area contributed by atoms with Crippen molar-refractivity contribution in [2.75, 3.05) is 19.8 Å².